The van der Waals surface area contributed by atoms with Gasteiger partial charge in [0.15, 0.2) is 0 Å². The fourth-order valence-electron chi connectivity index (χ4n) is 0.793. The summed E-state index contributed by atoms with van der Waals surface area (Å²) in [5.74, 6) is 0. The summed E-state index contributed by atoms with van der Waals surface area (Å²) >= 11 is 5.34. The first-order valence-electron chi connectivity index (χ1n) is 3.91. The van der Waals surface area contributed by atoms with Gasteiger partial charge in [-0.05, 0) is 19.4 Å². The summed E-state index contributed by atoms with van der Waals surface area (Å²) in [7, 11) is 0. The number of rotatable bonds is 4. The lowest BCUT2D eigenvalue weighted by molar-refractivity contribution is -0.138. The van der Waals surface area contributed by atoms with Gasteiger partial charge in [0.05, 0.1) is 6.42 Å². The van der Waals surface area contributed by atoms with Crippen LogP contribution in [0.15, 0.2) is 11.1 Å². The van der Waals surface area contributed by atoms with Gasteiger partial charge < -0.3 is 5.32 Å². The normalized spacial score (nSPS) is 16.0. The summed E-state index contributed by atoms with van der Waals surface area (Å²) in [5, 5.41) is 2.72. The molecule has 0 fully saturated rings. The third-order valence-corrected chi connectivity index (χ3v) is 1.83. The first kappa shape index (κ1) is 12.8. The average Bonchev–Trinajstić information content (AvgIpc) is 1.97. The fourth-order valence-corrected chi connectivity index (χ4v) is 0.870. The van der Waals surface area contributed by atoms with Crippen LogP contribution in [0, 0.1) is 0 Å². The van der Waals surface area contributed by atoms with Crippen LogP contribution in [-0.4, -0.2) is 18.8 Å². The Morgan fingerprint density at radius 1 is 1.54 bits per heavy atom. The van der Waals surface area contributed by atoms with Crippen LogP contribution in [0.5, 0.6) is 0 Å². The van der Waals surface area contributed by atoms with Crippen LogP contribution in [-0.2, 0) is 0 Å². The lowest BCUT2D eigenvalue weighted by atomic mass is 10.2. The molecule has 0 spiro atoms. The largest absolute Gasteiger partial charge is 0.390 e. The van der Waals surface area contributed by atoms with Crippen molar-refractivity contribution in [2.75, 3.05) is 6.54 Å². The molecule has 1 N–H and O–H groups in total. The number of nitrogens with one attached hydrogen (secondary N) is 1. The zero-order valence-corrected chi connectivity index (χ0v) is 8.34. The Balaban J connectivity index is 3.70. The lowest BCUT2D eigenvalue weighted by Gasteiger charge is -2.15. The topological polar surface area (TPSA) is 12.0 Å². The van der Waals surface area contributed by atoms with Crippen molar-refractivity contribution in [2.45, 2.75) is 32.5 Å². The standard InChI is InChI=1S/C8H13ClF3N/c1-6(4-9)5-13-7(2)3-8(10,11)12/h4,7,13H,3,5H2,1-2H3. The first-order valence-corrected chi connectivity index (χ1v) is 4.35. The Morgan fingerprint density at radius 3 is 2.46 bits per heavy atom. The Hall–Kier alpha value is -0.220. The number of halogens is 4. The predicted molar refractivity (Wildman–Crippen MR) is 47.7 cm³/mol. The summed E-state index contributed by atoms with van der Waals surface area (Å²) < 4.78 is 35.5. The van der Waals surface area contributed by atoms with Gasteiger partial charge >= 0.3 is 6.18 Å². The summed E-state index contributed by atoms with van der Waals surface area (Å²) in [4.78, 5) is 0. The van der Waals surface area contributed by atoms with E-state index in [1.165, 1.54) is 12.5 Å². The van der Waals surface area contributed by atoms with E-state index in [9.17, 15) is 13.2 Å². The smallest absolute Gasteiger partial charge is 0.310 e. The molecular weight excluding hydrogens is 203 g/mol. The van der Waals surface area contributed by atoms with Crippen LogP contribution in [0.4, 0.5) is 13.2 Å². The van der Waals surface area contributed by atoms with Gasteiger partial charge in [0.25, 0.3) is 0 Å². The molecule has 0 radical (unpaired) electrons. The Labute approximate surface area is 81.0 Å². The fraction of sp³-hybridized carbons (Fsp3) is 0.750. The van der Waals surface area contributed by atoms with Crippen LogP contribution >= 0.6 is 11.6 Å². The highest BCUT2D eigenvalue weighted by Gasteiger charge is 2.29. The second-order valence-corrected chi connectivity index (χ2v) is 3.27. The molecule has 0 aliphatic heterocycles. The Bertz CT molecular complexity index is 177. The molecule has 0 heterocycles. The molecule has 0 amide bonds. The van der Waals surface area contributed by atoms with Crippen LogP contribution in [0.1, 0.15) is 20.3 Å². The number of hydrogen-bond acceptors (Lipinski definition) is 1. The molecule has 0 saturated carbocycles. The van der Waals surface area contributed by atoms with Crippen molar-refractivity contribution in [1.82, 2.24) is 5.32 Å². The second kappa shape index (κ2) is 5.50. The van der Waals surface area contributed by atoms with E-state index in [2.05, 4.69) is 5.32 Å². The van der Waals surface area contributed by atoms with Gasteiger partial charge in [0, 0.05) is 18.1 Å². The van der Waals surface area contributed by atoms with Crippen LogP contribution in [0.3, 0.4) is 0 Å². The van der Waals surface area contributed by atoms with E-state index in [0.717, 1.165) is 5.57 Å². The van der Waals surface area contributed by atoms with Crippen LogP contribution < -0.4 is 5.32 Å². The van der Waals surface area contributed by atoms with E-state index in [1.807, 2.05) is 0 Å². The molecule has 1 unspecified atom stereocenters. The van der Waals surface area contributed by atoms with Crippen molar-refractivity contribution in [3.05, 3.63) is 11.1 Å². The third-order valence-electron chi connectivity index (χ3n) is 1.45. The minimum Gasteiger partial charge on any atom is -0.310 e. The highest BCUT2D eigenvalue weighted by Crippen LogP contribution is 2.21. The molecule has 78 valence electrons. The van der Waals surface area contributed by atoms with E-state index in [1.54, 1.807) is 6.92 Å². The molecule has 1 nitrogen and oxygen atoms in total. The summed E-state index contributed by atoms with van der Waals surface area (Å²) in [6, 6.07) is -0.577. The molecule has 0 rings (SSSR count). The van der Waals surface area contributed by atoms with E-state index in [4.69, 9.17) is 11.6 Å². The molecule has 1 atom stereocenters. The maximum Gasteiger partial charge on any atom is 0.390 e. The molecule has 0 saturated heterocycles. The van der Waals surface area contributed by atoms with Gasteiger partial charge in [-0.3, -0.25) is 0 Å². The SMILES string of the molecule is CC(=CCl)CNC(C)CC(F)(F)F. The van der Waals surface area contributed by atoms with Gasteiger partial charge in [-0.25, -0.2) is 0 Å². The van der Waals surface area contributed by atoms with Gasteiger partial charge in [-0.1, -0.05) is 11.6 Å². The monoisotopic (exact) mass is 215 g/mol. The molecule has 0 bridgehead atoms. The van der Waals surface area contributed by atoms with Crippen molar-refractivity contribution >= 4 is 11.6 Å². The van der Waals surface area contributed by atoms with Crippen molar-refractivity contribution in [2.24, 2.45) is 0 Å². The quantitative estimate of drug-likeness (QED) is 0.760. The predicted octanol–water partition coefficient (Wildman–Crippen LogP) is 3.06. The highest BCUT2D eigenvalue weighted by atomic mass is 35.5. The van der Waals surface area contributed by atoms with Crippen molar-refractivity contribution < 1.29 is 13.2 Å². The van der Waals surface area contributed by atoms with Crippen LogP contribution in [0.2, 0.25) is 0 Å². The maximum atomic E-state index is 11.8. The summed E-state index contributed by atoms with van der Waals surface area (Å²) in [5.41, 5.74) is 2.17. The molecule has 0 aromatic rings. The Kier molecular flexibility index (Phi) is 5.40. The molecule has 0 aliphatic carbocycles. The number of hydrogen-bond donors (Lipinski definition) is 1. The minimum absolute atomic E-state index is 0.390. The summed E-state index contributed by atoms with van der Waals surface area (Å²) in [6.45, 7) is 3.63. The molecule has 5 heteroatoms. The second-order valence-electron chi connectivity index (χ2n) is 3.06. The first-order chi connectivity index (χ1) is 5.85. The number of alkyl halides is 3. The van der Waals surface area contributed by atoms with E-state index in [-0.39, 0.29) is 0 Å². The van der Waals surface area contributed by atoms with Crippen molar-refractivity contribution in [3.63, 3.8) is 0 Å². The van der Waals surface area contributed by atoms with Gasteiger partial charge in [0.2, 0.25) is 0 Å². The van der Waals surface area contributed by atoms with Crippen molar-refractivity contribution in [3.8, 4) is 0 Å². The Morgan fingerprint density at radius 2 is 2.08 bits per heavy atom. The maximum absolute atomic E-state index is 11.8. The minimum atomic E-state index is -4.11. The highest BCUT2D eigenvalue weighted by molar-refractivity contribution is 6.25. The zero-order chi connectivity index (χ0) is 10.5. The van der Waals surface area contributed by atoms with Gasteiger partial charge in [0.1, 0.15) is 0 Å². The molecule has 13 heavy (non-hydrogen) atoms. The van der Waals surface area contributed by atoms with Crippen LogP contribution in [0.25, 0.3) is 0 Å². The van der Waals surface area contributed by atoms with E-state index >= 15 is 0 Å². The van der Waals surface area contributed by atoms with E-state index in [0.29, 0.717) is 6.54 Å². The summed E-state index contributed by atoms with van der Waals surface area (Å²) in [6.07, 6.45) is -4.92. The average molecular weight is 216 g/mol. The molecule has 0 aromatic heterocycles. The molecule has 0 aromatic carbocycles. The lowest BCUT2D eigenvalue weighted by Crippen LogP contribution is -2.32. The van der Waals surface area contributed by atoms with Gasteiger partial charge in [-0.15, -0.1) is 0 Å². The zero-order valence-electron chi connectivity index (χ0n) is 7.58. The van der Waals surface area contributed by atoms with E-state index < -0.39 is 18.6 Å². The molecular formula is C8H13ClF3N. The molecule has 0 aliphatic rings. The van der Waals surface area contributed by atoms with Gasteiger partial charge in [-0.2, -0.15) is 13.2 Å². The third kappa shape index (κ3) is 8.12. The van der Waals surface area contributed by atoms with Crippen molar-refractivity contribution in [1.29, 1.82) is 0 Å².